The average Bonchev–Trinajstić information content (AvgIpc) is 3.06. The zero-order chi connectivity index (χ0) is 22.6. The van der Waals surface area contributed by atoms with E-state index in [1.807, 2.05) is 31.7 Å². The number of aromatic nitrogens is 2. The summed E-state index contributed by atoms with van der Waals surface area (Å²) in [6.45, 7) is 8.98. The molecule has 2 saturated carbocycles. The van der Waals surface area contributed by atoms with Gasteiger partial charge >= 0.3 is 6.09 Å². The SMILES string of the molecule is CN(CC1CC(O)C1)c1nc(NCC2[C@H]3CN(C(=O)OC(C)(C)C)C[C@@H]23)nc2ccsc12. The normalized spacial score (nSPS) is 28.9. The van der Waals surface area contributed by atoms with E-state index in [1.54, 1.807) is 11.3 Å². The molecule has 0 spiro atoms. The number of piperidine rings is 1. The molecule has 1 saturated heterocycles. The van der Waals surface area contributed by atoms with Crippen molar-refractivity contribution in [2.75, 3.05) is 43.4 Å². The molecule has 3 fully saturated rings. The molecule has 174 valence electrons. The summed E-state index contributed by atoms with van der Waals surface area (Å²) in [6, 6.07) is 2.04. The fourth-order valence-corrected chi connectivity index (χ4v) is 6.02. The average molecular weight is 460 g/mol. The monoisotopic (exact) mass is 459 g/mol. The van der Waals surface area contributed by atoms with Gasteiger partial charge < -0.3 is 25.0 Å². The van der Waals surface area contributed by atoms with Crippen LogP contribution in [0.25, 0.3) is 10.2 Å². The highest BCUT2D eigenvalue weighted by Crippen LogP contribution is 2.51. The predicted octanol–water partition coefficient (Wildman–Crippen LogP) is 3.42. The fourth-order valence-electron chi connectivity index (χ4n) is 5.15. The van der Waals surface area contributed by atoms with Gasteiger partial charge in [-0.2, -0.15) is 4.98 Å². The molecule has 32 heavy (non-hydrogen) atoms. The van der Waals surface area contributed by atoms with Gasteiger partial charge in [0, 0.05) is 33.2 Å². The number of amides is 1. The number of carbonyl (C=O) groups is 1. The fraction of sp³-hybridized carbons (Fsp3) is 0.696. The number of thiophene rings is 1. The molecular formula is C23H33N5O3S. The maximum atomic E-state index is 12.3. The second kappa shape index (κ2) is 8.02. The number of nitrogens with one attached hydrogen (secondary N) is 1. The molecule has 8 nitrogen and oxygen atoms in total. The van der Waals surface area contributed by atoms with Crippen LogP contribution in [0.5, 0.6) is 0 Å². The molecule has 0 bridgehead atoms. The lowest BCUT2D eigenvalue weighted by atomic mass is 9.82. The van der Waals surface area contributed by atoms with E-state index in [4.69, 9.17) is 14.7 Å². The number of fused-ring (bicyclic) bond motifs is 2. The van der Waals surface area contributed by atoms with Crippen molar-refractivity contribution in [2.24, 2.45) is 23.7 Å². The molecule has 2 N–H and O–H groups in total. The molecular weight excluding hydrogens is 426 g/mol. The second-order valence-electron chi connectivity index (χ2n) is 10.6. The van der Waals surface area contributed by atoms with Gasteiger partial charge in [-0.15, -0.1) is 11.3 Å². The Morgan fingerprint density at radius 3 is 2.69 bits per heavy atom. The van der Waals surface area contributed by atoms with Crippen molar-refractivity contribution in [1.29, 1.82) is 0 Å². The van der Waals surface area contributed by atoms with Crippen molar-refractivity contribution in [3.8, 4) is 0 Å². The zero-order valence-electron chi connectivity index (χ0n) is 19.2. The van der Waals surface area contributed by atoms with E-state index in [1.165, 1.54) is 0 Å². The number of ether oxygens (including phenoxy) is 1. The topological polar surface area (TPSA) is 90.8 Å². The summed E-state index contributed by atoms with van der Waals surface area (Å²) in [5, 5.41) is 15.1. The highest BCUT2D eigenvalue weighted by molar-refractivity contribution is 7.17. The van der Waals surface area contributed by atoms with E-state index in [-0.39, 0.29) is 12.2 Å². The van der Waals surface area contributed by atoms with Gasteiger partial charge in [-0.05, 0) is 68.7 Å². The van der Waals surface area contributed by atoms with E-state index in [0.29, 0.717) is 29.6 Å². The highest BCUT2D eigenvalue weighted by Gasteiger charge is 2.56. The van der Waals surface area contributed by atoms with Crippen molar-refractivity contribution in [1.82, 2.24) is 14.9 Å². The molecule has 0 radical (unpaired) electrons. The minimum absolute atomic E-state index is 0.137. The number of aliphatic hydroxyl groups is 1. The molecule has 3 heterocycles. The predicted molar refractivity (Wildman–Crippen MR) is 126 cm³/mol. The van der Waals surface area contributed by atoms with Crippen molar-refractivity contribution in [3.05, 3.63) is 11.4 Å². The summed E-state index contributed by atoms with van der Waals surface area (Å²) in [5.41, 5.74) is 0.515. The lowest BCUT2D eigenvalue weighted by Crippen LogP contribution is -2.37. The maximum absolute atomic E-state index is 12.3. The van der Waals surface area contributed by atoms with Gasteiger partial charge in [0.1, 0.15) is 5.60 Å². The summed E-state index contributed by atoms with van der Waals surface area (Å²) in [4.78, 5) is 25.9. The quantitative estimate of drug-likeness (QED) is 0.684. The Kier molecular flexibility index (Phi) is 5.44. The number of aliphatic hydroxyl groups excluding tert-OH is 1. The van der Waals surface area contributed by atoms with Crippen LogP contribution in [0.3, 0.4) is 0 Å². The van der Waals surface area contributed by atoms with Gasteiger partial charge in [0.15, 0.2) is 5.82 Å². The molecule has 3 aliphatic rings. The lowest BCUT2D eigenvalue weighted by Gasteiger charge is -2.34. The molecule has 1 unspecified atom stereocenters. The number of anilines is 2. The first-order valence-corrected chi connectivity index (χ1v) is 12.4. The number of nitrogens with zero attached hydrogens (tertiary/aromatic N) is 4. The largest absolute Gasteiger partial charge is 0.444 e. The third-order valence-corrected chi connectivity index (χ3v) is 7.81. The molecule has 9 heteroatoms. The van der Waals surface area contributed by atoms with Crippen molar-refractivity contribution in [3.63, 3.8) is 0 Å². The van der Waals surface area contributed by atoms with Crippen LogP contribution in [0.2, 0.25) is 0 Å². The first-order chi connectivity index (χ1) is 15.2. The van der Waals surface area contributed by atoms with Crippen LogP contribution < -0.4 is 10.2 Å². The number of hydrogen-bond acceptors (Lipinski definition) is 8. The summed E-state index contributed by atoms with van der Waals surface area (Å²) in [6.07, 6.45) is 1.41. The Bertz CT molecular complexity index is 987. The third-order valence-electron chi connectivity index (χ3n) is 6.91. The molecule has 1 amide bonds. The maximum Gasteiger partial charge on any atom is 0.410 e. The highest BCUT2D eigenvalue weighted by atomic mass is 32.1. The Morgan fingerprint density at radius 2 is 2.03 bits per heavy atom. The Hall–Kier alpha value is -2.13. The molecule has 3 atom stereocenters. The van der Waals surface area contributed by atoms with Crippen LogP contribution in [-0.4, -0.2) is 71.0 Å². The summed E-state index contributed by atoms with van der Waals surface area (Å²) in [5.74, 6) is 3.77. The minimum atomic E-state index is -0.453. The van der Waals surface area contributed by atoms with E-state index in [9.17, 15) is 9.90 Å². The second-order valence-corrected chi connectivity index (χ2v) is 11.6. The first kappa shape index (κ1) is 21.7. The summed E-state index contributed by atoms with van der Waals surface area (Å²) in [7, 11) is 2.08. The Balaban J connectivity index is 1.18. The minimum Gasteiger partial charge on any atom is -0.444 e. The first-order valence-electron chi connectivity index (χ1n) is 11.5. The van der Waals surface area contributed by atoms with E-state index >= 15 is 0 Å². The molecule has 2 aromatic heterocycles. The summed E-state index contributed by atoms with van der Waals surface area (Å²) < 4.78 is 6.61. The van der Waals surface area contributed by atoms with Gasteiger partial charge in [0.05, 0.1) is 16.3 Å². The molecule has 5 rings (SSSR count). The summed E-state index contributed by atoms with van der Waals surface area (Å²) >= 11 is 1.67. The van der Waals surface area contributed by atoms with Gasteiger partial charge in [-0.3, -0.25) is 0 Å². The van der Waals surface area contributed by atoms with Crippen LogP contribution in [-0.2, 0) is 4.74 Å². The van der Waals surface area contributed by atoms with Gasteiger partial charge in [-0.1, -0.05) is 0 Å². The van der Waals surface area contributed by atoms with Crippen LogP contribution in [0.15, 0.2) is 11.4 Å². The zero-order valence-corrected chi connectivity index (χ0v) is 20.1. The molecule has 2 aliphatic carbocycles. The van der Waals surface area contributed by atoms with E-state index in [2.05, 4.69) is 22.6 Å². The van der Waals surface area contributed by atoms with Crippen molar-refractivity contribution < 1.29 is 14.6 Å². The van der Waals surface area contributed by atoms with Crippen molar-refractivity contribution >= 4 is 39.4 Å². The van der Waals surface area contributed by atoms with Gasteiger partial charge in [0.25, 0.3) is 0 Å². The molecule has 2 aromatic rings. The van der Waals surface area contributed by atoms with Crippen molar-refractivity contribution in [2.45, 2.75) is 45.3 Å². The Labute approximate surface area is 193 Å². The van der Waals surface area contributed by atoms with Gasteiger partial charge in [-0.25, -0.2) is 9.78 Å². The van der Waals surface area contributed by atoms with Crippen LogP contribution >= 0.6 is 11.3 Å². The van der Waals surface area contributed by atoms with Crippen LogP contribution in [0.1, 0.15) is 33.6 Å². The number of rotatable bonds is 6. The van der Waals surface area contributed by atoms with E-state index in [0.717, 1.165) is 55.1 Å². The van der Waals surface area contributed by atoms with Crippen LogP contribution in [0.4, 0.5) is 16.6 Å². The lowest BCUT2D eigenvalue weighted by molar-refractivity contribution is 0.0266. The Morgan fingerprint density at radius 1 is 1.31 bits per heavy atom. The smallest absolute Gasteiger partial charge is 0.410 e. The third kappa shape index (κ3) is 4.37. The number of hydrogen-bond donors (Lipinski definition) is 2. The molecule has 1 aliphatic heterocycles. The van der Waals surface area contributed by atoms with Gasteiger partial charge in [0.2, 0.25) is 5.95 Å². The standard InChI is InChI=1S/C23H33N5O3S/c1-23(2,3)31-22(30)28-11-16-15(17(16)12-28)9-24-21-25-18-5-6-32-19(18)20(26-21)27(4)10-13-7-14(29)8-13/h5-6,13-17,29H,7-12H2,1-4H3,(H,24,25,26)/t13?,14?,15?,16-,17+. The number of carbonyl (C=O) groups excluding carboxylic acids is 1. The van der Waals surface area contributed by atoms with Crippen LogP contribution in [0, 0.1) is 23.7 Å². The van der Waals surface area contributed by atoms with E-state index < -0.39 is 5.60 Å². The molecule has 0 aromatic carbocycles. The number of likely N-dealkylation sites (tertiary alicyclic amines) is 1.